The minimum Gasteiger partial charge on any atom is -0.476 e. The molecule has 2 N–H and O–H groups in total. The smallest absolute Gasteiger partial charge is 0.358 e. The molecule has 0 aliphatic rings. The van der Waals surface area contributed by atoms with Gasteiger partial charge in [0, 0.05) is 6.04 Å². The molecule has 0 bridgehead atoms. The van der Waals surface area contributed by atoms with Gasteiger partial charge in [0.25, 0.3) is 0 Å². The number of carbonyl (C=O) groups is 2. The Labute approximate surface area is 139 Å². The summed E-state index contributed by atoms with van der Waals surface area (Å²) in [5, 5.41) is 18.5. The molecule has 1 unspecified atom stereocenters. The summed E-state index contributed by atoms with van der Waals surface area (Å²) in [5.41, 5.74) is 0.655. The second kappa shape index (κ2) is 7.32. The molecule has 23 heavy (non-hydrogen) atoms. The third kappa shape index (κ3) is 4.85. The zero-order valence-electron chi connectivity index (χ0n) is 12.2. The van der Waals surface area contributed by atoms with Gasteiger partial charge in [-0.2, -0.15) is 0 Å². The van der Waals surface area contributed by atoms with Crippen molar-refractivity contribution in [2.24, 2.45) is 0 Å². The molecule has 7 nitrogen and oxygen atoms in total. The lowest BCUT2D eigenvalue weighted by Gasteiger charge is -2.14. The second-order valence-electron chi connectivity index (χ2n) is 5.03. The van der Waals surface area contributed by atoms with Crippen LogP contribution in [0.15, 0.2) is 28.9 Å². The van der Waals surface area contributed by atoms with Gasteiger partial charge >= 0.3 is 5.97 Å². The van der Waals surface area contributed by atoms with Gasteiger partial charge in [0.05, 0.1) is 10.7 Å². The first-order chi connectivity index (χ1) is 10.8. The Kier molecular flexibility index (Phi) is 5.43. The summed E-state index contributed by atoms with van der Waals surface area (Å²) in [6.45, 7) is 1.69. The molecule has 1 aromatic carbocycles. The van der Waals surface area contributed by atoms with Crippen LogP contribution in [0, 0.1) is 5.82 Å². The van der Waals surface area contributed by atoms with E-state index in [1.54, 1.807) is 12.1 Å². The Morgan fingerprint density at radius 1 is 1.48 bits per heavy atom. The van der Waals surface area contributed by atoms with E-state index in [0.29, 0.717) is 10.9 Å². The van der Waals surface area contributed by atoms with E-state index in [0.717, 1.165) is 10.2 Å². The number of carbonyl (C=O) groups excluding carboxylic acids is 1. The standard InChI is InChI=1S/C14H14BrFN4O3/c1-8(4-9-2-3-11(16)10(15)5-9)17-13(21)7-20-6-12(14(22)23)18-19-20/h2-3,5-6,8H,4,7H2,1H3,(H,17,21)(H,22,23). The minimum absolute atomic E-state index is 0.127. The Morgan fingerprint density at radius 2 is 2.22 bits per heavy atom. The second-order valence-corrected chi connectivity index (χ2v) is 5.88. The van der Waals surface area contributed by atoms with Gasteiger partial charge in [0.2, 0.25) is 5.91 Å². The quantitative estimate of drug-likeness (QED) is 0.788. The van der Waals surface area contributed by atoms with Crippen LogP contribution in [0.4, 0.5) is 4.39 Å². The Bertz CT molecular complexity index is 735. The molecule has 0 saturated carbocycles. The SMILES string of the molecule is CC(Cc1ccc(F)c(Br)c1)NC(=O)Cn1cc(C(=O)O)nn1. The molecular weight excluding hydrogens is 371 g/mol. The number of halogens is 2. The predicted molar refractivity (Wildman–Crippen MR) is 82.4 cm³/mol. The Hall–Kier alpha value is -2.29. The van der Waals surface area contributed by atoms with Gasteiger partial charge in [0.1, 0.15) is 12.4 Å². The number of aromatic carboxylic acids is 1. The van der Waals surface area contributed by atoms with Crippen molar-refractivity contribution in [3.63, 3.8) is 0 Å². The molecule has 1 amide bonds. The number of carboxylic acid groups (broad SMARTS) is 1. The highest BCUT2D eigenvalue weighted by Crippen LogP contribution is 2.17. The van der Waals surface area contributed by atoms with Crippen molar-refractivity contribution in [3.05, 3.63) is 45.9 Å². The maximum Gasteiger partial charge on any atom is 0.358 e. The lowest BCUT2D eigenvalue weighted by molar-refractivity contribution is -0.122. The lowest BCUT2D eigenvalue weighted by Crippen LogP contribution is -2.36. The molecule has 0 radical (unpaired) electrons. The summed E-state index contributed by atoms with van der Waals surface area (Å²) in [6.07, 6.45) is 1.71. The number of carboxylic acids is 1. The molecule has 2 aromatic rings. The van der Waals surface area contributed by atoms with Crippen LogP contribution >= 0.6 is 15.9 Å². The van der Waals surface area contributed by atoms with E-state index < -0.39 is 5.97 Å². The fraction of sp³-hybridized carbons (Fsp3) is 0.286. The molecule has 0 spiro atoms. The van der Waals surface area contributed by atoms with Crippen LogP contribution < -0.4 is 5.32 Å². The lowest BCUT2D eigenvalue weighted by atomic mass is 10.1. The number of benzene rings is 1. The number of nitrogens with one attached hydrogen (secondary N) is 1. The first-order valence-corrected chi connectivity index (χ1v) is 7.51. The van der Waals surface area contributed by atoms with Gasteiger partial charge in [-0.1, -0.05) is 11.3 Å². The first-order valence-electron chi connectivity index (χ1n) is 6.72. The highest BCUT2D eigenvalue weighted by atomic mass is 79.9. The largest absolute Gasteiger partial charge is 0.476 e. The first kappa shape index (κ1) is 17.1. The molecule has 0 fully saturated rings. The Morgan fingerprint density at radius 3 is 2.83 bits per heavy atom. The van der Waals surface area contributed by atoms with Crippen LogP contribution in [0.5, 0.6) is 0 Å². The third-order valence-corrected chi connectivity index (χ3v) is 3.60. The van der Waals surface area contributed by atoms with E-state index in [9.17, 15) is 14.0 Å². The topological polar surface area (TPSA) is 97.1 Å². The number of amides is 1. The predicted octanol–water partition coefficient (Wildman–Crippen LogP) is 1.63. The van der Waals surface area contributed by atoms with Crippen molar-refractivity contribution < 1.29 is 19.1 Å². The van der Waals surface area contributed by atoms with E-state index in [2.05, 4.69) is 31.6 Å². The van der Waals surface area contributed by atoms with Crippen LogP contribution in [-0.2, 0) is 17.8 Å². The number of hydrogen-bond acceptors (Lipinski definition) is 4. The number of hydrogen-bond donors (Lipinski definition) is 2. The van der Waals surface area contributed by atoms with Crippen LogP contribution in [0.1, 0.15) is 23.0 Å². The fourth-order valence-electron chi connectivity index (χ4n) is 2.01. The maximum absolute atomic E-state index is 13.2. The normalized spacial score (nSPS) is 12.0. The van der Waals surface area contributed by atoms with E-state index >= 15 is 0 Å². The summed E-state index contributed by atoms with van der Waals surface area (Å²) < 4.78 is 14.7. The maximum atomic E-state index is 13.2. The zero-order valence-corrected chi connectivity index (χ0v) is 13.7. The molecule has 0 aliphatic heterocycles. The molecule has 2 rings (SSSR count). The van der Waals surface area contributed by atoms with Gasteiger partial charge in [0.15, 0.2) is 5.69 Å². The van der Waals surface area contributed by atoms with E-state index in [1.807, 2.05) is 6.92 Å². The molecule has 122 valence electrons. The van der Waals surface area contributed by atoms with Crippen LogP contribution in [0.2, 0.25) is 0 Å². The van der Waals surface area contributed by atoms with Crippen molar-refractivity contribution in [1.29, 1.82) is 0 Å². The molecular formula is C14H14BrFN4O3. The van der Waals surface area contributed by atoms with Crippen LogP contribution in [-0.4, -0.2) is 38.0 Å². The summed E-state index contributed by atoms with van der Waals surface area (Å²) >= 11 is 3.12. The minimum atomic E-state index is -1.20. The third-order valence-electron chi connectivity index (χ3n) is 3.00. The van der Waals surface area contributed by atoms with E-state index in [4.69, 9.17) is 5.11 Å². The highest BCUT2D eigenvalue weighted by Gasteiger charge is 2.13. The summed E-state index contributed by atoms with van der Waals surface area (Å²) in [4.78, 5) is 22.6. The number of nitrogens with zero attached hydrogens (tertiary/aromatic N) is 3. The molecule has 0 saturated heterocycles. The summed E-state index contributed by atoms with van der Waals surface area (Å²) in [6, 6.07) is 4.49. The van der Waals surface area contributed by atoms with Gasteiger partial charge < -0.3 is 10.4 Å². The van der Waals surface area contributed by atoms with Gasteiger partial charge in [-0.3, -0.25) is 4.79 Å². The fourth-order valence-corrected chi connectivity index (χ4v) is 2.44. The number of aromatic nitrogens is 3. The van der Waals surface area contributed by atoms with Crippen molar-refractivity contribution in [2.75, 3.05) is 0 Å². The van der Waals surface area contributed by atoms with Crippen molar-refractivity contribution >= 4 is 27.8 Å². The van der Waals surface area contributed by atoms with Gasteiger partial charge in [-0.25, -0.2) is 13.9 Å². The molecule has 0 aliphatic carbocycles. The molecule has 9 heteroatoms. The zero-order chi connectivity index (χ0) is 17.0. The highest BCUT2D eigenvalue weighted by molar-refractivity contribution is 9.10. The van der Waals surface area contributed by atoms with Crippen LogP contribution in [0.25, 0.3) is 0 Å². The molecule has 1 heterocycles. The monoisotopic (exact) mass is 384 g/mol. The van der Waals surface area contributed by atoms with Crippen molar-refractivity contribution in [1.82, 2.24) is 20.3 Å². The molecule has 1 aromatic heterocycles. The van der Waals surface area contributed by atoms with Gasteiger partial charge in [-0.05, 0) is 47.0 Å². The number of rotatable bonds is 6. The average molecular weight is 385 g/mol. The van der Waals surface area contributed by atoms with Gasteiger partial charge in [-0.15, -0.1) is 5.10 Å². The van der Waals surface area contributed by atoms with Crippen molar-refractivity contribution in [2.45, 2.75) is 25.9 Å². The molecule has 1 atom stereocenters. The summed E-state index contributed by atoms with van der Waals surface area (Å²) in [5.74, 6) is -1.86. The van der Waals surface area contributed by atoms with Crippen molar-refractivity contribution in [3.8, 4) is 0 Å². The van der Waals surface area contributed by atoms with E-state index in [-0.39, 0.29) is 30.0 Å². The van der Waals surface area contributed by atoms with Crippen LogP contribution in [0.3, 0.4) is 0 Å². The average Bonchev–Trinajstić information content (AvgIpc) is 2.91. The van der Waals surface area contributed by atoms with E-state index in [1.165, 1.54) is 12.3 Å². The summed E-state index contributed by atoms with van der Waals surface area (Å²) in [7, 11) is 0. The Balaban J connectivity index is 1.88.